The van der Waals surface area contributed by atoms with Gasteiger partial charge in [-0.1, -0.05) is 0 Å². The SMILES string of the molecule is CCOC(=O)[C@H]1CN(CC)C(=O)C1=O. The molecule has 0 aliphatic carbocycles. The van der Waals surface area contributed by atoms with E-state index in [1.54, 1.807) is 13.8 Å². The van der Waals surface area contributed by atoms with Gasteiger partial charge in [0.1, 0.15) is 5.92 Å². The summed E-state index contributed by atoms with van der Waals surface area (Å²) in [6.45, 7) is 4.26. The molecule has 1 rings (SSSR count). The average Bonchev–Trinajstić information content (AvgIpc) is 2.44. The van der Waals surface area contributed by atoms with Crippen LogP contribution >= 0.6 is 0 Å². The van der Waals surface area contributed by atoms with Crippen LogP contribution in [0.5, 0.6) is 0 Å². The molecule has 0 aromatic heterocycles. The van der Waals surface area contributed by atoms with Crippen molar-refractivity contribution < 1.29 is 19.1 Å². The summed E-state index contributed by atoms with van der Waals surface area (Å²) >= 11 is 0. The van der Waals surface area contributed by atoms with Gasteiger partial charge in [0.05, 0.1) is 6.61 Å². The van der Waals surface area contributed by atoms with Crippen molar-refractivity contribution in [3.63, 3.8) is 0 Å². The zero-order chi connectivity index (χ0) is 10.7. The van der Waals surface area contributed by atoms with E-state index in [9.17, 15) is 14.4 Å². The number of nitrogens with zero attached hydrogens (tertiary/aromatic N) is 1. The Morgan fingerprint density at radius 3 is 2.57 bits per heavy atom. The molecule has 0 unspecified atom stereocenters. The first-order valence-corrected chi connectivity index (χ1v) is 4.61. The molecule has 0 saturated carbocycles. The smallest absolute Gasteiger partial charge is 0.318 e. The molecule has 0 spiro atoms. The predicted molar refractivity (Wildman–Crippen MR) is 47.4 cm³/mol. The third-order valence-corrected chi connectivity index (χ3v) is 2.17. The summed E-state index contributed by atoms with van der Waals surface area (Å²) in [5.41, 5.74) is 0. The maximum atomic E-state index is 11.3. The molecule has 1 aliphatic heterocycles. The third kappa shape index (κ3) is 1.76. The van der Waals surface area contributed by atoms with E-state index in [0.717, 1.165) is 0 Å². The van der Waals surface area contributed by atoms with Gasteiger partial charge in [0.2, 0.25) is 5.78 Å². The summed E-state index contributed by atoms with van der Waals surface area (Å²) in [6.07, 6.45) is 0. The molecule has 5 heteroatoms. The number of amides is 1. The maximum Gasteiger partial charge on any atom is 0.318 e. The first-order valence-electron chi connectivity index (χ1n) is 4.61. The number of ether oxygens (including phenoxy) is 1. The molecule has 1 saturated heterocycles. The van der Waals surface area contributed by atoms with Crippen molar-refractivity contribution >= 4 is 17.7 Å². The van der Waals surface area contributed by atoms with Crippen molar-refractivity contribution in [1.29, 1.82) is 0 Å². The molecule has 1 heterocycles. The van der Waals surface area contributed by atoms with E-state index in [-0.39, 0.29) is 13.2 Å². The van der Waals surface area contributed by atoms with Crippen LogP contribution in [-0.4, -0.2) is 42.3 Å². The van der Waals surface area contributed by atoms with Gasteiger partial charge in [-0.2, -0.15) is 0 Å². The maximum absolute atomic E-state index is 11.3. The van der Waals surface area contributed by atoms with Crippen LogP contribution in [0.15, 0.2) is 0 Å². The molecule has 1 aliphatic rings. The second kappa shape index (κ2) is 4.21. The summed E-state index contributed by atoms with van der Waals surface area (Å²) < 4.78 is 4.70. The van der Waals surface area contributed by atoms with Crippen molar-refractivity contribution in [1.82, 2.24) is 4.90 Å². The van der Waals surface area contributed by atoms with Gasteiger partial charge < -0.3 is 9.64 Å². The van der Waals surface area contributed by atoms with Crippen LogP contribution in [0, 0.1) is 5.92 Å². The number of carbonyl (C=O) groups excluding carboxylic acids is 3. The van der Waals surface area contributed by atoms with Crippen molar-refractivity contribution in [2.75, 3.05) is 19.7 Å². The third-order valence-electron chi connectivity index (χ3n) is 2.17. The highest BCUT2D eigenvalue weighted by atomic mass is 16.5. The van der Waals surface area contributed by atoms with Gasteiger partial charge in [-0.05, 0) is 13.8 Å². The van der Waals surface area contributed by atoms with Crippen LogP contribution < -0.4 is 0 Å². The zero-order valence-corrected chi connectivity index (χ0v) is 8.28. The topological polar surface area (TPSA) is 63.7 Å². The standard InChI is InChI=1S/C9H13NO4/c1-3-10-5-6(7(11)8(10)12)9(13)14-4-2/h6H,3-5H2,1-2H3/t6-/m0/s1. The van der Waals surface area contributed by atoms with Crippen molar-refractivity contribution in [3.05, 3.63) is 0 Å². The number of ketones is 1. The molecule has 0 aromatic rings. The van der Waals surface area contributed by atoms with Gasteiger partial charge in [-0.15, -0.1) is 0 Å². The molecule has 0 radical (unpaired) electrons. The van der Waals surface area contributed by atoms with Gasteiger partial charge in [0.25, 0.3) is 5.91 Å². The quantitative estimate of drug-likeness (QED) is 0.352. The van der Waals surface area contributed by atoms with Crippen molar-refractivity contribution in [2.45, 2.75) is 13.8 Å². The van der Waals surface area contributed by atoms with E-state index in [2.05, 4.69) is 0 Å². The second-order valence-corrected chi connectivity index (χ2v) is 3.01. The number of hydrogen-bond donors (Lipinski definition) is 0. The Hall–Kier alpha value is -1.39. The number of rotatable bonds is 3. The van der Waals surface area contributed by atoms with Crippen LogP contribution in [0.2, 0.25) is 0 Å². The first kappa shape index (κ1) is 10.7. The Morgan fingerprint density at radius 1 is 1.50 bits per heavy atom. The van der Waals surface area contributed by atoms with E-state index in [1.807, 2.05) is 0 Å². The van der Waals surface area contributed by atoms with Crippen LogP contribution in [-0.2, 0) is 19.1 Å². The Balaban J connectivity index is 2.70. The van der Waals surface area contributed by atoms with Gasteiger partial charge >= 0.3 is 5.97 Å². The highest BCUT2D eigenvalue weighted by Crippen LogP contribution is 2.15. The molecule has 0 N–H and O–H groups in total. The number of esters is 1. The van der Waals surface area contributed by atoms with Gasteiger partial charge in [0, 0.05) is 13.1 Å². The van der Waals surface area contributed by atoms with Gasteiger partial charge in [-0.25, -0.2) is 0 Å². The number of carbonyl (C=O) groups is 3. The van der Waals surface area contributed by atoms with E-state index >= 15 is 0 Å². The fourth-order valence-corrected chi connectivity index (χ4v) is 1.39. The fraction of sp³-hybridized carbons (Fsp3) is 0.667. The molecule has 1 fully saturated rings. The Morgan fingerprint density at radius 2 is 2.14 bits per heavy atom. The summed E-state index contributed by atoms with van der Waals surface area (Å²) in [5, 5.41) is 0. The number of likely N-dealkylation sites (tertiary alicyclic amines) is 1. The van der Waals surface area contributed by atoms with Crippen LogP contribution in [0.1, 0.15) is 13.8 Å². The second-order valence-electron chi connectivity index (χ2n) is 3.01. The molecule has 5 nitrogen and oxygen atoms in total. The van der Waals surface area contributed by atoms with Crippen LogP contribution in [0.3, 0.4) is 0 Å². The normalized spacial score (nSPS) is 21.6. The predicted octanol–water partition coefficient (Wildman–Crippen LogP) is -0.403. The van der Waals surface area contributed by atoms with E-state index in [0.29, 0.717) is 6.54 Å². The number of likely N-dealkylation sites (N-methyl/N-ethyl adjacent to an activating group) is 1. The molecular formula is C9H13NO4. The van der Waals surface area contributed by atoms with Crippen LogP contribution in [0.25, 0.3) is 0 Å². The summed E-state index contributed by atoms with van der Waals surface area (Å²) in [4.78, 5) is 35.1. The monoisotopic (exact) mass is 199 g/mol. The lowest BCUT2D eigenvalue weighted by molar-refractivity contribution is -0.151. The highest BCUT2D eigenvalue weighted by Gasteiger charge is 2.43. The molecule has 14 heavy (non-hydrogen) atoms. The minimum atomic E-state index is -0.914. The lowest BCUT2D eigenvalue weighted by Crippen LogP contribution is -2.26. The van der Waals surface area contributed by atoms with Crippen molar-refractivity contribution in [3.8, 4) is 0 Å². The summed E-state index contributed by atoms with van der Waals surface area (Å²) in [5.74, 6) is -2.74. The van der Waals surface area contributed by atoms with E-state index < -0.39 is 23.6 Å². The lowest BCUT2D eigenvalue weighted by atomic mass is 10.1. The average molecular weight is 199 g/mol. The molecule has 78 valence electrons. The zero-order valence-electron chi connectivity index (χ0n) is 8.28. The Labute approximate surface area is 82.0 Å². The van der Waals surface area contributed by atoms with E-state index in [1.165, 1.54) is 4.90 Å². The molecule has 1 atom stereocenters. The molecular weight excluding hydrogens is 186 g/mol. The first-order chi connectivity index (χ1) is 6.61. The molecule has 1 amide bonds. The summed E-state index contributed by atoms with van der Waals surface area (Å²) in [6, 6.07) is 0. The summed E-state index contributed by atoms with van der Waals surface area (Å²) in [7, 11) is 0. The van der Waals surface area contributed by atoms with Gasteiger partial charge in [-0.3, -0.25) is 14.4 Å². The highest BCUT2D eigenvalue weighted by molar-refractivity contribution is 6.42. The Kier molecular flexibility index (Phi) is 3.22. The lowest BCUT2D eigenvalue weighted by Gasteiger charge is -2.11. The van der Waals surface area contributed by atoms with Crippen molar-refractivity contribution in [2.24, 2.45) is 5.92 Å². The van der Waals surface area contributed by atoms with E-state index in [4.69, 9.17) is 4.74 Å². The number of hydrogen-bond acceptors (Lipinski definition) is 4. The van der Waals surface area contributed by atoms with Crippen LogP contribution in [0.4, 0.5) is 0 Å². The minimum Gasteiger partial charge on any atom is -0.465 e. The molecule has 0 aromatic carbocycles. The Bertz CT molecular complexity index is 274. The fourth-order valence-electron chi connectivity index (χ4n) is 1.39. The number of Topliss-reactive ketones (excluding diaryl/α,β-unsaturated/α-hetero) is 1. The van der Waals surface area contributed by atoms with Gasteiger partial charge in [0.15, 0.2) is 0 Å². The molecule has 0 bridgehead atoms. The minimum absolute atomic E-state index is 0.160. The largest absolute Gasteiger partial charge is 0.465 e.